The Morgan fingerprint density at radius 2 is 1.91 bits per heavy atom. The highest BCUT2D eigenvalue weighted by atomic mass is 79.9. The molecule has 22 heavy (non-hydrogen) atoms. The first-order chi connectivity index (χ1) is 10.5. The fourth-order valence-corrected chi connectivity index (χ4v) is 2.53. The Labute approximate surface area is 135 Å². The van der Waals surface area contributed by atoms with Gasteiger partial charge in [-0.1, -0.05) is 17.3 Å². The predicted molar refractivity (Wildman–Crippen MR) is 84.3 cm³/mol. The number of amides is 2. The number of carbonyl (C=O) groups excluding carboxylic acids is 2. The van der Waals surface area contributed by atoms with Crippen molar-refractivity contribution in [3.05, 3.63) is 40.6 Å². The van der Waals surface area contributed by atoms with Crippen LogP contribution in [0.4, 0.5) is 11.5 Å². The Hall–Kier alpha value is -2.15. The van der Waals surface area contributed by atoms with Crippen molar-refractivity contribution in [2.24, 2.45) is 5.41 Å². The first-order valence-corrected chi connectivity index (χ1v) is 7.61. The summed E-state index contributed by atoms with van der Waals surface area (Å²) >= 11 is 3.37. The quantitative estimate of drug-likeness (QED) is 0.817. The second kappa shape index (κ2) is 5.57. The summed E-state index contributed by atoms with van der Waals surface area (Å²) in [6.45, 7) is 1.73. The van der Waals surface area contributed by atoms with Crippen LogP contribution in [0.5, 0.6) is 0 Å². The van der Waals surface area contributed by atoms with Gasteiger partial charge in [0.2, 0.25) is 11.8 Å². The Morgan fingerprint density at radius 3 is 2.50 bits per heavy atom. The van der Waals surface area contributed by atoms with Gasteiger partial charge in [0.05, 0.1) is 5.69 Å². The van der Waals surface area contributed by atoms with Gasteiger partial charge in [0.1, 0.15) is 11.2 Å². The Kier molecular flexibility index (Phi) is 3.74. The van der Waals surface area contributed by atoms with Gasteiger partial charge in [0.25, 0.3) is 0 Å². The number of hydrogen-bond donors (Lipinski definition) is 2. The molecule has 0 atom stereocenters. The largest absolute Gasteiger partial charge is 0.360 e. The minimum atomic E-state index is -1.03. The van der Waals surface area contributed by atoms with E-state index in [0.29, 0.717) is 30.1 Å². The summed E-state index contributed by atoms with van der Waals surface area (Å²) < 4.78 is 5.67. The van der Waals surface area contributed by atoms with Gasteiger partial charge < -0.3 is 15.2 Å². The third-order valence-electron chi connectivity index (χ3n) is 3.61. The van der Waals surface area contributed by atoms with Gasteiger partial charge in [0, 0.05) is 10.5 Å². The van der Waals surface area contributed by atoms with Gasteiger partial charge in [-0.25, -0.2) is 0 Å². The van der Waals surface area contributed by atoms with E-state index in [4.69, 9.17) is 4.52 Å². The first kappa shape index (κ1) is 14.8. The maximum atomic E-state index is 12.4. The number of rotatable bonds is 4. The number of carbonyl (C=O) groups is 2. The summed E-state index contributed by atoms with van der Waals surface area (Å²) in [6.07, 6.45) is 1.04. The lowest BCUT2D eigenvalue weighted by Crippen LogP contribution is -2.35. The van der Waals surface area contributed by atoms with Crippen molar-refractivity contribution in [1.82, 2.24) is 5.16 Å². The number of hydrogen-bond acceptors (Lipinski definition) is 4. The summed E-state index contributed by atoms with van der Waals surface area (Å²) in [5.74, 6) is 0.253. The van der Waals surface area contributed by atoms with Crippen LogP contribution in [0.3, 0.4) is 0 Å². The van der Waals surface area contributed by atoms with Crippen LogP contribution in [-0.2, 0) is 9.59 Å². The summed E-state index contributed by atoms with van der Waals surface area (Å²) in [6, 6.07) is 8.88. The zero-order valence-electron chi connectivity index (χ0n) is 11.9. The monoisotopic (exact) mass is 363 g/mol. The average Bonchev–Trinajstić information content (AvgIpc) is 3.21. The van der Waals surface area contributed by atoms with E-state index in [-0.39, 0.29) is 11.8 Å². The van der Waals surface area contributed by atoms with Crippen LogP contribution in [0.2, 0.25) is 0 Å². The molecular weight excluding hydrogens is 350 g/mol. The molecule has 0 aliphatic heterocycles. The topological polar surface area (TPSA) is 84.2 Å². The van der Waals surface area contributed by atoms with Crippen molar-refractivity contribution in [2.45, 2.75) is 19.8 Å². The summed E-state index contributed by atoms with van der Waals surface area (Å²) in [4.78, 5) is 24.8. The molecule has 1 fully saturated rings. The van der Waals surface area contributed by atoms with Gasteiger partial charge in [-0.2, -0.15) is 0 Å². The lowest BCUT2D eigenvalue weighted by atomic mass is 10.1. The molecule has 0 spiro atoms. The molecule has 1 aromatic heterocycles. The lowest BCUT2D eigenvalue weighted by molar-refractivity contribution is -0.131. The number of aryl methyl sites for hydroxylation is 1. The highest BCUT2D eigenvalue weighted by Crippen LogP contribution is 2.47. The second-order valence-corrected chi connectivity index (χ2v) is 6.15. The van der Waals surface area contributed by atoms with Crippen molar-refractivity contribution in [1.29, 1.82) is 0 Å². The molecule has 0 saturated heterocycles. The molecule has 1 aromatic carbocycles. The van der Waals surface area contributed by atoms with E-state index in [9.17, 15) is 9.59 Å². The van der Waals surface area contributed by atoms with Gasteiger partial charge in [-0.05, 0) is 47.8 Å². The summed E-state index contributed by atoms with van der Waals surface area (Å²) in [5, 5.41) is 9.13. The maximum Gasteiger partial charge on any atom is 0.241 e. The van der Waals surface area contributed by atoms with Crippen LogP contribution in [0.1, 0.15) is 18.6 Å². The normalized spacial score (nSPS) is 15.2. The van der Waals surface area contributed by atoms with E-state index < -0.39 is 5.41 Å². The minimum Gasteiger partial charge on any atom is -0.360 e. The molecule has 1 heterocycles. The van der Waals surface area contributed by atoms with Crippen LogP contribution in [0.15, 0.2) is 39.3 Å². The maximum absolute atomic E-state index is 12.4. The number of para-hydroxylation sites is 1. The van der Waals surface area contributed by atoms with E-state index in [1.807, 2.05) is 18.2 Å². The van der Waals surface area contributed by atoms with Crippen LogP contribution < -0.4 is 10.6 Å². The highest BCUT2D eigenvalue weighted by Gasteiger charge is 2.56. The standard InChI is InChI=1S/C15H14BrN3O3/c1-9-8-12(19-22-9)18-14(21)15(6-7-15)13(20)17-11-5-3-2-4-10(11)16/h2-5,8H,6-7H2,1H3,(H,17,20)(H,18,19,21). The van der Waals surface area contributed by atoms with Crippen LogP contribution in [0.25, 0.3) is 0 Å². The number of anilines is 2. The van der Waals surface area contributed by atoms with Gasteiger partial charge in [0.15, 0.2) is 5.82 Å². The zero-order valence-corrected chi connectivity index (χ0v) is 13.4. The molecule has 1 aliphatic rings. The smallest absolute Gasteiger partial charge is 0.241 e. The van der Waals surface area contributed by atoms with Crippen molar-refractivity contribution >= 4 is 39.2 Å². The number of halogens is 1. The molecule has 3 rings (SSSR count). The predicted octanol–water partition coefficient (Wildman–Crippen LogP) is 3.10. The van der Waals surface area contributed by atoms with Crippen LogP contribution >= 0.6 is 15.9 Å². The Bertz CT molecular complexity index is 737. The molecular formula is C15H14BrN3O3. The summed E-state index contributed by atoms with van der Waals surface area (Å²) in [7, 11) is 0. The van der Waals surface area contributed by atoms with E-state index in [1.165, 1.54) is 0 Å². The molecule has 6 nitrogen and oxygen atoms in total. The molecule has 7 heteroatoms. The van der Waals surface area contributed by atoms with Crippen LogP contribution in [-0.4, -0.2) is 17.0 Å². The van der Waals surface area contributed by atoms with Gasteiger partial charge in [-0.15, -0.1) is 0 Å². The molecule has 114 valence electrons. The van der Waals surface area contributed by atoms with Gasteiger partial charge >= 0.3 is 0 Å². The number of benzene rings is 1. The third kappa shape index (κ3) is 2.76. The Morgan fingerprint density at radius 1 is 1.23 bits per heavy atom. The molecule has 0 unspecified atom stereocenters. The molecule has 2 aromatic rings. The third-order valence-corrected chi connectivity index (χ3v) is 4.30. The highest BCUT2D eigenvalue weighted by molar-refractivity contribution is 9.10. The van der Waals surface area contributed by atoms with E-state index >= 15 is 0 Å². The van der Waals surface area contributed by atoms with Crippen molar-refractivity contribution in [3.63, 3.8) is 0 Å². The Balaban J connectivity index is 1.71. The molecule has 1 saturated carbocycles. The van der Waals surface area contributed by atoms with E-state index in [0.717, 1.165) is 4.47 Å². The van der Waals surface area contributed by atoms with E-state index in [1.54, 1.807) is 19.1 Å². The van der Waals surface area contributed by atoms with Gasteiger partial charge in [-0.3, -0.25) is 9.59 Å². The fourth-order valence-electron chi connectivity index (χ4n) is 2.15. The summed E-state index contributed by atoms with van der Waals surface area (Å²) in [5.41, 5.74) is -0.383. The average molecular weight is 364 g/mol. The lowest BCUT2D eigenvalue weighted by Gasteiger charge is -2.15. The first-order valence-electron chi connectivity index (χ1n) is 6.82. The SMILES string of the molecule is Cc1cc(NC(=O)C2(C(=O)Nc3ccccc3Br)CC2)no1. The molecule has 1 aliphatic carbocycles. The van der Waals surface area contributed by atoms with Crippen molar-refractivity contribution < 1.29 is 14.1 Å². The second-order valence-electron chi connectivity index (χ2n) is 5.29. The molecule has 2 N–H and O–H groups in total. The van der Waals surface area contributed by atoms with Crippen LogP contribution in [0, 0.1) is 12.3 Å². The zero-order chi connectivity index (χ0) is 15.7. The van der Waals surface area contributed by atoms with Crippen molar-refractivity contribution in [3.8, 4) is 0 Å². The number of nitrogens with one attached hydrogen (secondary N) is 2. The number of nitrogens with zero attached hydrogens (tertiary/aromatic N) is 1. The molecule has 2 amide bonds. The molecule has 0 radical (unpaired) electrons. The number of aromatic nitrogens is 1. The molecule has 0 bridgehead atoms. The van der Waals surface area contributed by atoms with E-state index in [2.05, 4.69) is 31.7 Å². The minimum absolute atomic E-state index is 0.308. The fraction of sp³-hybridized carbons (Fsp3) is 0.267. The van der Waals surface area contributed by atoms with Crippen molar-refractivity contribution in [2.75, 3.05) is 10.6 Å².